The van der Waals surface area contributed by atoms with E-state index in [1.54, 1.807) is 17.4 Å². The normalized spacial score (nSPS) is 10.3. The smallest absolute Gasteiger partial charge is 0.198 e. The second-order valence-electron chi connectivity index (χ2n) is 2.36. The van der Waals surface area contributed by atoms with Crippen LogP contribution in [0.25, 0.3) is 11.3 Å². The monoisotopic (exact) mass is 274 g/mol. The highest BCUT2D eigenvalue weighted by Gasteiger charge is 2.03. The van der Waals surface area contributed by atoms with Gasteiger partial charge in [0.05, 0.1) is 5.69 Å². The van der Waals surface area contributed by atoms with Gasteiger partial charge >= 0.3 is 0 Å². The zero-order chi connectivity index (χ0) is 9.26. The topological polar surface area (TPSA) is 25.8 Å². The number of thiophene rings is 1. The van der Waals surface area contributed by atoms with E-state index >= 15 is 0 Å². The molecule has 0 aliphatic heterocycles. The van der Waals surface area contributed by atoms with Crippen molar-refractivity contribution in [1.29, 1.82) is 0 Å². The summed E-state index contributed by atoms with van der Waals surface area (Å²) >= 11 is 10.6. The highest BCUT2D eigenvalue weighted by molar-refractivity contribution is 9.10. The molecule has 2 aromatic rings. The Labute approximate surface area is 92.7 Å². The largest absolute Gasteiger partial charge is 0.222 e. The van der Waals surface area contributed by atoms with Crippen molar-refractivity contribution >= 4 is 38.9 Å². The van der Waals surface area contributed by atoms with Crippen molar-refractivity contribution in [1.82, 2.24) is 9.97 Å². The predicted molar refractivity (Wildman–Crippen MR) is 58.1 cm³/mol. The van der Waals surface area contributed by atoms with Gasteiger partial charge in [0.15, 0.2) is 4.73 Å². The summed E-state index contributed by atoms with van der Waals surface area (Å²) < 4.78 is 0.515. The SMILES string of the molecule is Clc1cc(-c2ccsc2)nc(Br)n1. The standard InChI is InChI=1S/C8H4BrClN2S/c9-8-11-6(3-7(10)12-8)5-1-2-13-4-5/h1-4H. The van der Waals surface area contributed by atoms with E-state index in [2.05, 4.69) is 25.9 Å². The van der Waals surface area contributed by atoms with Crippen molar-refractivity contribution in [2.75, 3.05) is 0 Å². The second-order valence-corrected chi connectivity index (χ2v) is 4.23. The molecule has 2 nitrogen and oxygen atoms in total. The molecule has 0 saturated heterocycles. The van der Waals surface area contributed by atoms with E-state index in [0.29, 0.717) is 9.89 Å². The van der Waals surface area contributed by atoms with Crippen LogP contribution in [0.3, 0.4) is 0 Å². The molecule has 0 N–H and O–H groups in total. The van der Waals surface area contributed by atoms with Crippen LogP contribution in [0, 0.1) is 0 Å². The van der Waals surface area contributed by atoms with Crippen LogP contribution in [0.5, 0.6) is 0 Å². The van der Waals surface area contributed by atoms with Crippen LogP contribution in [0.2, 0.25) is 5.15 Å². The van der Waals surface area contributed by atoms with Gasteiger partial charge in [-0.25, -0.2) is 9.97 Å². The van der Waals surface area contributed by atoms with E-state index in [4.69, 9.17) is 11.6 Å². The predicted octanol–water partition coefficient (Wildman–Crippen LogP) is 3.62. The van der Waals surface area contributed by atoms with Gasteiger partial charge in [0.25, 0.3) is 0 Å². The van der Waals surface area contributed by atoms with Crippen LogP contribution >= 0.6 is 38.9 Å². The van der Waals surface area contributed by atoms with Gasteiger partial charge in [0.1, 0.15) is 5.15 Å². The lowest BCUT2D eigenvalue weighted by molar-refractivity contribution is 1.12. The van der Waals surface area contributed by atoms with Crippen LogP contribution in [0.15, 0.2) is 27.6 Å². The summed E-state index contributed by atoms with van der Waals surface area (Å²) in [6, 6.07) is 3.74. The Morgan fingerprint density at radius 2 is 2.23 bits per heavy atom. The lowest BCUT2D eigenvalue weighted by atomic mass is 10.2. The molecule has 5 heteroatoms. The summed E-state index contributed by atoms with van der Waals surface area (Å²) in [5.41, 5.74) is 1.91. The summed E-state index contributed by atoms with van der Waals surface area (Å²) in [6.07, 6.45) is 0. The first-order valence-corrected chi connectivity index (χ1v) is 5.60. The number of aromatic nitrogens is 2. The van der Waals surface area contributed by atoms with E-state index in [-0.39, 0.29) is 0 Å². The molecule has 2 heterocycles. The van der Waals surface area contributed by atoms with Crippen LogP contribution < -0.4 is 0 Å². The fraction of sp³-hybridized carbons (Fsp3) is 0. The lowest BCUT2D eigenvalue weighted by Crippen LogP contribution is -1.86. The van der Waals surface area contributed by atoms with Crippen LogP contribution in [-0.4, -0.2) is 9.97 Å². The Balaban J connectivity index is 2.53. The summed E-state index contributed by atoms with van der Waals surface area (Å²) in [5.74, 6) is 0. The summed E-state index contributed by atoms with van der Waals surface area (Å²) in [5, 5.41) is 4.47. The summed E-state index contributed by atoms with van der Waals surface area (Å²) in [7, 11) is 0. The first-order valence-electron chi connectivity index (χ1n) is 3.48. The van der Waals surface area contributed by atoms with Crippen molar-refractivity contribution in [2.24, 2.45) is 0 Å². The molecule has 13 heavy (non-hydrogen) atoms. The first kappa shape index (κ1) is 9.12. The van der Waals surface area contributed by atoms with Gasteiger partial charge in [-0.05, 0) is 27.4 Å². The van der Waals surface area contributed by atoms with Crippen molar-refractivity contribution in [3.05, 3.63) is 32.8 Å². The Morgan fingerprint density at radius 1 is 1.38 bits per heavy atom. The fourth-order valence-electron chi connectivity index (χ4n) is 0.948. The molecule has 0 aliphatic carbocycles. The molecule has 66 valence electrons. The molecular weight excluding hydrogens is 272 g/mol. The van der Waals surface area contributed by atoms with E-state index in [1.165, 1.54) is 0 Å². The maximum atomic E-state index is 5.79. The molecule has 0 spiro atoms. The van der Waals surface area contributed by atoms with Gasteiger partial charge in [0.2, 0.25) is 0 Å². The molecular formula is C8H4BrClN2S. The molecule has 0 aliphatic rings. The molecule has 0 fully saturated rings. The highest BCUT2D eigenvalue weighted by Crippen LogP contribution is 2.23. The van der Waals surface area contributed by atoms with Crippen LogP contribution in [0.4, 0.5) is 0 Å². The van der Waals surface area contributed by atoms with Gasteiger partial charge < -0.3 is 0 Å². The van der Waals surface area contributed by atoms with Gasteiger partial charge in [-0.1, -0.05) is 11.6 Å². The average Bonchev–Trinajstić information content (AvgIpc) is 2.53. The highest BCUT2D eigenvalue weighted by atomic mass is 79.9. The quantitative estimate of drug-likeness (QED) is 0.587. The van der Waals surface area contributed by atoms with Crippen molar-refractivity contribution in [3.8, 4) is 11.3 Å². The minimum atomic E-state index is 0.447. The Morgan fingerprint density at radius 3 is 2.85 bits per heavy atom. The van der Waals surface area contributed by atoms with Crippen molar-refractivity contribution in [3.63, 3.8) is 0 Å². The molecule has 0 unspecified atom stereocenters. The molecule has 0 saturated carbocycles. The third-order valence-electron chi connectivity index (χ3n) is 1.48. The fourth-order valence-corrected chi connectivity index (χ4v) is 2.27. The first-order chi connectivity index (χ1) is 6.25. The van der Waals surface area contributed by atoms with Crippen molar-refractivity contribution in [2.45, 2.75) is 0 Å². The number of hydrogen-bond acceptors (Lipinski definition) is 3. The third-order valence-corrected chi connectivity index (χ3v) is 2.72. The Bertz CT molecular complexity index is 396. The molecule has 0 bridgehead atoms. The zero-order valence-electron chi connectivity index (χ0n) is 6.37. The lowest BCUT2D eigenvalue weighted by Gasteiger charge is -1.97. The van der Waals surface area contributed by atoms with E-state index in [0.717, 1.165) is 11.3 Å². The Kier molecular flexibility index (Phi) is 2.62. The maximum Gasteiger partial charge on any atom is 0.198 e. The van der Waals surface area contributed by atoms with Gasteiger partial charge in [0, 0.05) is 17.0 Å². The van der Waals surface area contributed by atoms with Gasteiger partial charge in [-0.15, -0.1) is 0 Å². The third kappa shape index (κ3) is 2.07. The van der Waals surface area contributed by atoms with Crippen molar-refractivity contribution < 1.29 is 0 Å². The van der Waals surface area contributed by atoms with E-state index < -0.39 is 0 Å². The number of nitrogens with zero attached hydrogens (tertiary/aromatic N) is 2. The average molecular weight is 276 g/mol. The number of hydrogen-bond donors (Lipinski definition) is 0. The summed E-state index contributed by atoms with van der Waals surface area (Å²) in [6.45, 7) is 0. The maximum absolute atomic E-state index is 5.79. The zero-order valence-corrected chi connectivity index (χ0v) is 9.53. The molecule has 2 rings (SSSR count). The molecule has 0 aromatic carbocycles. The number of rotatable bonds is 1. The van der Waals surface area contributed by atoms with E-state index in [1.807, 2.05) is 16.8 Å². The minimum absolute atomic E-state index is 0.447. The molecule has 0 radical (unpaired) electrons. The van der Waals surface area contributed by atoms with Gasteiger partial charge in [-0.3, -0.25) is 0 Å². The number of halogens is 2. The molecule has 0 atom stereocenters. The summed E-state index contributed by atoms with van der Waals surface area (Å²) in [4.78, 5) is 8.12. The molecule has 2 aromatic heterocycles. The second kappa shape index (κ2) is 3.74. The van der Waals surface area contributed by atoms with Crippen LogP contribution in [-0.2, 0) is 0 Å². The van der Waals surface area contributed by atoms with E-state index in [9.17, 15) is 0 Å². The molecule has 0 amide bonds. The van der Waals surface area contributed by atoms with Gasteiger partial charge in [-0.2, -0.15) is 11.3 Å². The minimum Gasteiger partial charge on any atom is -0.222 e. The van der Waals surface area contributed by atoms with Crippen LogP contribution in [0.1, 0.15) is 0 Å². The Hall–Kier alpha value is -0.450.